The zero-order chi connectivity index (χ0) is 17.8. The number of hydrogen-bond acceptors (Lipinski definition) is 4. The molecule has 1 aliphatic rings. The highest BCUT2D eigenvalue weighted by molar-refractivity contribution is 7.09. The Labute approximate surface area is 156 Å². The molecule has 0 radical (unpaired) electrons. The minimum absolute atomic E-state index is 0.145. The summed E-state index contributed by atoms with van der Waals surface area (Å²) in [5, 5.41) is 12.5. The van der Waals surface area contributed by atoms with Gasteiger partial charge in [-0.15, -0.1) is 11.3 Å². The summed E-state index contributed by atoms with van der Waals surface area (Å²) >= 11 is 1.64. The Kier molecular flexibility index (Phi) is 4.97. The molecule has 0 spiro atoms. The van der Waals surface area contributed by atoms with Crippen molar-refractivity contribution >= 4 is 17.4 Å². The largest absolute Gasteiger partial charge is 0.336 e. The third-order valence-electron chi connectivity index (χ3n) is 4.40. The molecule has 0 bridgehead atoms. The van der Waals surface area contributed by atoms with Gasteiger partial charge in [-0.25, -0.2) is 4.79 Å². The van der Waals surface area contributed by atoms with Gasteiger partial charge in [0.15, 0.2) is 0 Å². The lowest BCUT2D eigenvalue weighted by Gasteiger charge is -2.09. The summed E-state index contributed by atoms with van der Waals surface area (Å²) < 4.78 is 2.03. The molecule has 3 heterocycles. The van der Waals surface area contributed by atoms with Crippen LogP contribution in [0.3, 0.4) is 0 Å². The van der Waals surface area contributed by atoms with Crippen LogP contribution < -0.4 is 10.6 Å². The van der Waals surface area contributed by atoms with Gasteiger partial charge < -0.3 is 10.6 Å². The summed E-state index contributed by atoms with van der Waals surface area (Å²) in [7, 11) is 0. The zero-order valence-electron chi connectivity index (χ0n) is 14.4. The summed E-state index contributed by atoms with van der Waals surface area (Å²) in [5.74, 6) is 0.603. The number of amides is 2. The highest BCUT2D eigenvalue weighted by atomic mass is 32.1. The second kappa shape index (κ2) is 7.70. The molecule has 1 saturated carbocycles. The number of urea groups is 1. The maximum absolute atomic E-state index is 11.9. The molecule has 2 amide bonds. The summed E-state index contributed by atoms with van der Waals surface area (Å²) in [6.45, 7) is 1.78. The predicted molar refractivity (Wildman–Crippen MR) is 102 cm³/mol. The fourth-order valence-corrected chi connectivity index (χ4v) is 3.54. The van der Waals surface area contributed by atoms with Gasteiger partial charge in [-0.1, -0.05) is 6.07 Å². The lowest BCUT2D eigenvalue weighted by molar-refractivity contribution is 0.240. The summed E-state index contributed by atoms with van der Waals surface area (Å²) in [5.41, 5.74) is 3.30. The molecular weight excluding hydrogens is 346 g/mol. The monoisotopic (exact) mass is 367 g/mol. The number of thiophene rings is 1. The van der Waals surface area contributed by atoms with Crippen LogP contribution in [-0.4, -0.2) is 27.3 Å². The number of carbonyl (C=O) groups excluding carboxylic acids is 1. The number of pyridine rings is 1. The first-order chi connectivity index (χ1) is 12.8. The van der Waals surface area contributed by atoms with E-state index in [0.29, 0.717) is 25.6 Å². The molecule has 6 nitrogen and oxygen atoms in total. The van der Waals surface area contributed by atoms with Gasteiger partial charge in [0, 0.05) is 41.0 Å². The van der Waals surface area contributed by atoms with Gasteiger partial charge >= 0.3 is 6.03 Å². The van der Waals surface area contributed by atoms with Gasteiger partial charge in [-0.05, 0) is 42.5 Å². The van der Waals surface area contributed by atoms with Gasteiger partial charge in [-0.2, -0.15) is 5.10 Å². The van der Waals surface area contributed by atoms with Crippen molar-refractivity contribution in [2.45, 2.75) is 31.8 Å². The van der Waals surface area contributed by atoms with Crippen molar-refractivity contribution in [3.63, 3.8) is 0 Å². The van der Waals surface area contributed by atoms with E-state index in [-0.39, 0.29) is 6.03 Å². The van der Waals surface area contributed by atoms with Crippen LogP contribution >= 0.6 is 11.3 Å². The first-order valence-corrected chi connectivity index (χ1v) is 9.70. The molecular formula is C19H21N5OS. The van der Waals surface area contributed by atoms with E-state index in [9.17, 15) is 4.79 Å². The summed E-state index contributed by atoms with van der Waals surface area (Å²) in [4.78, 5) is 17.1. The van der Waals surface area contributed by atoms with Crippen LogP contribution in [0.2, 0.25) is 0 Å². The van der Waals surface area contributed by atoms with Gasteiger partial charge in [-0.3, -0.25) is 9.67 Å². The Morgan fingerprint density at radius 1 is 1.23 bits per heavy atom. The van der Waals surface area contributed by atoms with Gasteiger partial charge in [0.2, 0.25) is 0 Å². The topological polar surface area (TPSA) is 71.8 Å². The van der Waals surface area contributed by atoms with Crippen molar-refractivity contribution in [2.24, 2.45) is 0 Å². The highest BCUT2D eigenvalue weighted by Gasteiger charge is 2.28. The van der Waals surface area contributed by atoms with Crippen LogP contribution in [0.25, 0.3) is 11.3 Å². The fourth-order valence-electron chi connectivity index (χ4n) is 2.90. The predicted octanol–water partition coefficient (Wildman–Crippen LogP) is 3.38. The van der Waals surface area contributed by atoms with E-state index < -0.39 is 0 Å². The summed E-state index contributed by atoms with van der Waals surface area (Å²) in [6, 6.07) is 9.96. The normalized spacial score (nSPS) is 13.5. The Morgan fingerprint density at radius 2 is 2.08 bits per heavy atom. The van der Waals surface area contributed by atoms with E-state index in [4.69, 9.17) is 5.10 Å². The molecule has 0 aliphatic heterocycles. The van der Waals surface area contributed by atoms with Crippen molar-refractivity contribution < 1.29 is 4.79 Å². The molecule has 134 valence electrons. The fraction of sp³-hybridized carbons (Fsp3) is 0.316. The Balaban J connectivity index is 1.34. The number of carbonyl (C=O) groups is 1. The van der Waals surface area contributed by atoms with Crippen molar-refractivity contribution in [1.29, 1.82) is 0 Å². The molecule has 0 aromatic carbocycles. The maximum Gasteiger partial charge on any atom is 0.315 e. The molecule has 1 aliphatic carbocycles. The number of aromatic nitrogens is 3. The van der Waals surface area contributed by atoms with Crippen LogP contribution in [0.5, 0.6) is 0 Å². The van der Waals surface area contributed by atoms with E-state index in [1.54, 1.807) is 23.7 Å². The second-order valence-electron chi connectivity index (χ2n) is 6.38. The van der Waals surface area contributed by atoms with Crippen molar-refractivity contribution in [1.82, 2.24) is 25.4 Å². The van der Waals surface area contributed by atoms with Gasteiger partial charge in [0.05, 0.1) is 18.8 Å². The zero-order valence-corrected chi connectivity index (χ0v) is 15.2. The lowest BCUT2D eigenvalue weighted by Crippen LogP contribution is -2.36. The molecule has 0 saturated heterocycles. The molecule has 4 rings (SSSR count). The van der Waals surface area contributed by atoms with E-state index >= 15 is 0 Å². The van der Waals surface area contributed by atoms with Gasteiger partial charge in [0.1, 0.15) is 0 Å². The second-order valence-corrected chi connectivity index (χ2v) is 7.41. The van der Waals surface area contributed by atoms with Crippen LogP contribution in [0, 0.1) is 0 Å². The van der Waals surface area contributed by atoms with E-state index in [2.05, 4.69) is 21.7 Å². The SMILES string of the molecule is O=C(NCCn1nc(-c2ccncc2)cc1C1CC1)NCc1cccs1. The third-order valence-corrected chi connectivity index (χ3v) is 5.27. The van der Waals surface area contributed by atoms with Crippen molar-refractivity contribution in [3.8, 4) is 11.3 Å². The quantitative estimate of drug-likeness (QED) is 0.672. The number of hydrogen-bond donors (Lipinski definition) is 2. The average molecular weight is 367 g/mol. The molecule has 3 aromatic rings. The van der Waals surface area contributed by atoms with Crippen LogP contribution in [0.4, 0.5) is 4.79 Å². The minimum Gasteiger partial charge on any atom is -0.336 e. The van der Waals surface area contributed by atoms with E-state index in [1.165, 1.54) is 18.5 Å². The Morgan fingerprint density at radius 3 is 2.81 bits per heavy atom. The summed E-state index contributed by atoms with van der Waals surface area (Å²) in [6.07, 6.45) is 6.00. The number of nitrogens with zero attached hydrogens (tertiary/aromatic N) is 3. The van der Waals surface area contributed by atoms with Crippen LogP contribution in [-0.2, 0) is 13.1 Å². The molecule has 0 unspecified atom stereocenters. The molecule has 26 heavy (non-hydrogen) atoms. The first kappa shape index (κ1) is 16.8. The van der Waals surface area contributed by atoms with Gasteiger partial charge in [0.25, 0.3) is 0 Å². The average Bonchev–Trinajstić information content (AvgIpc) is 3.21. The van der Waals surface area contributed by atoms with Crippen LogP contribution in [0.15, 0.2) is 48.1 Å². The standard InChI is InChI=1S/C19H21N5OS/c25-19(22-13-16-2-1-11-26-16)21-9-10-24-18(15-3-4-15)12-17(23-24)14-5-7-20-8-6-14/h1-2,5-8,11-12,15H,3-4,9-10,13H2,(H2,21,22,25). The smallest absolute Gasteiger partial charge is 0.315 e. The maximum atomic E-state index is 11.9. The van der Waals surface area contributed by atoms with Crippen molar-refractivity contribution in [3.05, 3.63) is 58.7 Å². The Bertz CT molecular complexity index is 855. The lowest BCUT2D eigenvalue weighted by atomic mass is 10.2. The minimum atomic E-state index is -0.145. The van der Waals surface area contributed by atoms with Crippen molar-refractivity contribution in [2.75, 3.05) is 6.54 Å². The Hall–Kier alpha value is -2.67. The molecule has 2 N–H and O–H groups in total. The molecule has 3 aromatic heterocycles. The molecule has 0 atom stereocenters. The molecule has 7 heteroatoms. The molecule has 1 fully saturated rings. The van der Waals surface area contributed by atoms with Crippen LogP contribution in [0.1, 0.15) is 29.3 Å². The number of rotatable bonds is 7. The van der Waals surface area contributed by atoms with E-state index in [1.807, 2.05) is 34.3 Å². The highest BCUT2D eigenvalue weighted by Crippen LogP contribution is 2.41. The number of nitrogens with one attached hydrogen (secondary N) is 2. The van der Waals surface area contributed by atoms with E-state index in [0.717, 1.165) is 16.1 Å². The first-order valence-electron chi connectivity index (χ1n) is 8.82. The third kappa shape index (κ3) is 4.11.